The van der Waals surface area contributed by atoms with Crippen LogP contribution in [-0.2, 0) is 9.47 Å². The molecule has 1 aliphatic carbocycles. The number of allylic oxidation sites excluding steroid dienone is 2. The van der Waals surface area contributed by atoms with E-state index in [-0.39, 0.29) is 11.1 Å². The summed E-state index contributed by atoms with van der Waals surface area (Å²) in [6.07, 6.45) is 15.9. The van der Waals surface area contributed by atoms with E-state index < -0.39 is 17.4 Å². The first-order valence-electron chi connectivity index (χ1n) is 14.9. The van der Waals surface area contributed by atoms with Crippen molar-refractivity contribution in [2.24, 2.45) is 0 Å². The highest BCUT2D eigenvalue weighted by Gasteiger charge is 2.30. The summed E-state index contributed by atoms with van der Waals surface area (Å²) in [6.45, 7) is 5.30. The lowest BCUT2D eigenvalue weighted by Gasteiger charge is -2.32. The molecule has 0 heterocycles. The summed E-state index contributed by atoms with van der Waals surface area (Å²) in [7, 11) is 0. The Bertz CT molecular complexity index is 1260. The van der Waals surface area contributed by atoms with Crippen LogP contribution < -0.4 is 0 Å². The predicted molar refractivity (Wildman–Crippen MR) is 162 cm³/mol. The van der Waals surface area contributed by atoms with Crippen LogP contribution in [0.2, 0.25) is 0 Å². The van der Waals surface area contributed by atoms with E-state index in [2.05, 4.69) is 6.92 Å². The zero-order valence-corrected chi connectivity index (χ0v) is 23.9. The average Bonchev–Trinajstić information content (AvgIpc) is 2.99. The van der Waals surface area contributed by atoms with E-state index in [1.807, 2.05) is 73.7 Å². The zero-order chi connectivity index (χ0) is 28.2. The number of rotatable bonds is 15. The van der Waals surface area contributed by atoms with Gasteiger partial charge in [-0.2, -0.15) is 0 Å². The number of ether oxygens (including phenoxy) is 2. The summed E-state index contributed by atoms with van der Waals surface area (Å²) in [5.74, 6) is -2.54. The average molecular weight is 545 g/mol. The van der Waals surface area contributed by atoms with Gasteiger partial charge in [-0.1, -0.05) is 131 Å². The number of halogens is 2. The molecule has 0 aromatic heterocycles. The second-order valence-electron chi connectivity index (χ2n) is 10.5. The van der Waals surface area contributed by atoms with Gasteiger partial charge in [0.25, 0.3) is 0 Å². The van der Waals surface area contributed by atoms with Crippen molar-refractivity contribution in [3.8, 4) is 22.3 Å². The van der Waals surface area contributed by atoms with Gasteiger partial charge >= 0.3 is 0 Å². The molecule has 0 saturated carbocycles. The Kier molecular flexibility index (Phi) is 11.3. The maximum absolute atomic E-state index is 15.3. The van der Waals surface area contributed by atoms with Gasteiger partial charge in [0.15, 0.2) is 17.4 Å². The fraction of sp³-hybridized carbons (Fsp3) is 0.389. The van der Waals surface area contributed by atoms with Crippen LogP contribution in [-0.4, -0.2) is 19.0 Å². The molecule has 0 N–H and O–H groups in total. The quantitative estimate of drug-likeness (QED) is 0.140. The van der Waals surface area contributed by atoms with Crippen LogP contribution in [0.1, 0.15) is 77.2 Å². The molecular formula is C36H42F2O2. The van der Waals surface area contributed by atoms with Gasteiger partial charge in [0.2, 0.25) is 0 Å². The molecule has 3 aromatic carbocycles. The summed E-state index contributed by atoms with van der Waals surface area (Å²) >= 11 is 0. The van der Waals surface area contributed by atoms with Gasteiger partial charge < -0.3 is 9.47 Å². The van der Waals surface area contributed by atoms with Gasteiger partial charge in [-0.15, -0.1) is 0 Å². The van der Waals surface area contributed by atoms with Gasteiger partial charge in [0.05, 0.1) is 6.61 Å². The largest absolute Gasteiger partial charge is 0.346 e. The van der Waals surface area contributed by atoms with Crippen LogP contribution in [0.5, 0.6) is 0 Å². The smallest absolute Gasteiger partial charge is 0.191 e. The molecule has 0 amide bonds. The molecule has 0 fully saturated rings. The molecule has 0 radical (unpaired) electrons. The standard InChI is InChI=1S/C36H42F2O2/c1-3-5-6-7-8-9-10-14-27-40-36(39-4-2)25-23-31(24-26-36)33-22-21-32(34(37)35(33)38)30-19-17-29(18-20-30)28-15-12-11-13-16-28/h11-13,15-25H,3-10,14,26-27H2,1-2H3. The predicted octanol–water partition coefficient (Wildman–Crippen LogP) is 10.5. The molecule has 0 spiro atoms. The molecule has 1 unspecified atom stereocenters. The molecule has 4 rings (SSSR count). The molecule has 40 heavy (non-hydrogen) atoms. The van der Waals surface area contributed by atoms with E-state index in [9.17, 15) is 0 Å². The fourth-order valence-corrected chi connectivity index (χ4v) is 5.25. The van der Waals surface area contributed by atoms with E-state index in [1.165, 1.54) is 38.5 Å². The number of hydrogen-bond acceptors (Lipinski definition) is 2. The molecule has 1 aliphatic rings. The van der Waals surface area contributed by atoms with Crippen molar-refractivity contribution in [3.05, 3.63) is 102 Å². The Labute approximate surface area is 238 Å². The van der Waals surface area contributed by atoms with Crippen LogP contribution in [0.4, 0.5) is 8.78 Å². The first-order chi connectivity index (χ1) is 19.6. The van der Waals surface area contributed by atoms with Crippen LogP contribution in [0, 0.1) is 11.6 Å². The molecule has 212 valence electrons. The van der Waals surface area contributed by atoms with Crippen LogP contribution in [0.15, 0.2) is 85.0 Å². The maximum Gasteiger partial charge on any atom is 0.191 e. The Morgan fingerprint density at radius 3 is 1.90 bits per heavy atom. The minimum Gasteiger partial charge on any atom is -0.346 e. The summed E-state index contributed by atoms with van der Waals surface area (Å²) in [5, 5.41) is 0. The highest BCUT2D eigenvalue weighted by molar-refractivity contribution is 5.78. The molecular weight excluding hydrogens is 502 g/mol. The minimum atomic E-state index is -0.852. The van der Waals surface area contributed by atoms with Gasteiger partial charge in [-0.05, 0) is 41.7 Å². The number of benzene rings is 3. The summed E-state index contributed by atoms with van der Waals surface area (Å²) in [6, 6.07) is 20.8. The monoisotopic (exact) mass is 544 g/mol. The third-order valence-electron chi connectivity index (χ3n) is 7.55. The molecule has 1 atom stereocenters. The summed E-state index contributed by atoms with van der Waals surface area (Å²) in [5.41, 5.74) is 3.87. The molecule has 2 nitrogen and oxygen atoms in total. The first-order valence-corrected chi connectivity index (χ1v) is 14.9. The highest BCUT2D eigenvalue weighted by Crippen LogP contribution is 2.35. The van der Waals surface area contributed by atoms with Gasteiger partial charge in [-0.25, -0.2) is 8.78 Å². The molecule has 0 aliphatic heterocycles. The lowest BCUT2D eigenvalue weighted by molar-refractivity contribution is -0.200. The zero-order valence-electron chi connectivity index (χ0n) is 23.9. The topological polar surface area (TPSA) is 18.5 Å². The lowest BCUT2D eigenvalue weighted by Crippen LogP contribution is -2.35. The highest BCUT2D eigenvalue weighted by atomic mass is 19.2. The van der Waals surface area contributed by atoms with Crippen molar-refractivity contribution in [1.29, 1.82) is 0 Å². The van der Waals surface area contributed by atoms with Crippen molar-refractivity contribution in [1.82, 2.24) is 0 Å². The lowest BCUT2D eigenvalue weighted by atomic mass is 9.93. The second kappa shape index (κ2) is 15.1. The van der Waals surface area contributed by atoms with Gasteiger partial charge in [-0.3, -0.25) is 0 Å². The van der Waals surface area contributed by atoms with E-state index in [0.29, 0.717) is 30.8 Å². The Balaban J connectivity index is 1.37. The maximum atomic E-state index is 15.3. The van der Waals surface area contributed by atoms with Gasteiger partial charge in [0.1, 0.15) is 0 Å². The number of unbranched alkanes of at least 4 members (excludes halogenated alkanes) is 7. The Morgan fingerprint density at radius 2 is 1.25 bits per heavy atom. The van der Waals surface area contributed by atoms with Crippen molar-refractivity contribution >= 4 is 5.57 Å². The van der Waals surface area contributed by atoms with E-state index >= 15 is 8.78 Å². The Morgan fingerprint density at radius 1 is 0.650 bits per heavy atom. The molecule has 0 saturated heterocycles. The number of hydrogen-bond donors (Lipinski definition) is 0. The molecule has 4 heteroatoms. The second-order valence-corrected chi connectivity index (χ2v) is 10.5. The first kappa shape index (κ1) is 29.9. The van der Waals surface area contributed by atoms with Crippen molar-refractivity contribution < 1.29 is 18.3 Å². The van der Waals surface area contributed by atoms with E-state index in [4.69, 9.17) is 9.47 Å². The molecule has 0 bridgehead atoms. The van der Waals surface area contributed by atoms with Crippen molar-refractivity contribution in [3.63, 3.8) is 0 Å². The van der Waals surface area contributed by atoms with Gasteiger partial charge in [0, 0.05) is 24.2 Å². The minimum absolute atomic E-state index is 0.242. The fourth-order valence-electron chi connectivity index (χ4n) is 5.25. The normalized spacial score (nSPS) is 16.8. The third-order valence-corrected chi connectivity index (χ3v) is 7.55. The Hall–Kier alpha value is -3.08. The van der Waals surface area contributed by atoms with E-state index in [0.717, 1.165) is 24.0 Å². The molecule has 3 aromatic rings. The van der Waals surface area contributed by atoms with Crippen LogP contribution in [0.25, 0.3) is 27.8 Å². The summed E-state index contributed by atoms with van der Waals surface area (Å²) in [4.78, 5) is 0. The van der Waals surface area contributed by atoms with E-state index in [1.54, 1.807) is 18.2 Å². The SMILES string of the molecule is CCCCCCCCCCOC1(OCC)C=CC(c2ccc(-c3ccc(-c4ccccc4)cc3)c(F)c2F)=CC1. The van der Waals surface area contributed by atoms with Crippen molar-refractivity contribution in [2.75, 3.05) is 13.2 Å². The third kappa shape index (κ3) is 7.77. The van der Waals surface area contributed by atoms with Crippen LogP contribution >= 0.6 is 0 Å². The van der Waals surface area contributed by atoms with Crippen LogP contribution in [0.3, 0.4) is 0 Å². The van der Waals surface area contributed by atoms with Crippen molar-refractivity contribution in [2.45, 2.75) is 77.4 Å². The summed E-state index contributed by atoms with van der Waals surface area (Å²) < 4.78 is 42.8.